The first-order valence-corrected chi connectivity index (χ1v) is 8.11. The molecular weight excluding hydrogens is 314 g/mol. The number of hydrogen-bond donors (Lipinski definition) is 1. The Morgan fingerprint density at radius 3 is 2.83 bits per heavy atom. The van der Waals surface area contributed by atoms with Gasteiger partial charge in [0, 0.05) is 25.6 Å². The largest absolute Gasteiger partial charge is 0.486 e. The topological polar surface area (TPSA) is 85.3 Å². The molecule has 128 valence electrons. The number of carboxylic acids is 1. The van der Waals surface area contributed by atoms with Crippen molar-refractivity contribution in [2.45, 2.75) is 6.42 Å². The molecule has 3 aliphatic rings. The lowest BCUT2D eigenvalue weighted by molar-refractivity contribution is -0.157. The molecule has 0 aromatic heterocycles. The van der Waals surface area contributed by atoms with Gasteiger partial charge in [-0.05, 0) is 18.6 Å². The van der Waals surface area contributed by atoms with E-state index in [0.717, 1.165) is 0 Å². The van der Waals surface area contributed by atoms with Gasteiger partial charge in [0.15, 0.2) is 11.5 Å². The van der Waals surface area contributed by atoms with Gasteiger partial charge < -0.3 is 24.2 Å². The zero-order valence-corrected chi connectivity index (χ0v) is 13.2. The number of carbonyl (C=O) groups is 2. The van der Waals surface area contributed by atoms with Crippen LogP contribution >= 0.6 is 0 Å². The van der Waals surface area contributed by atoms with Crippen molar-refractivity contribution in [3.05, 3.63) is 23.8 Å². The minimum Gasteiger partial charge on any atom is -0.486 e. The molecule has 3 aliphatic heterocycles. The molecule has 24 heavy (non-hydrogen) atoms. The summed E-state index contributed by atoms with van der Waals surface area (Å²) in [7, 11) is 0. The van der Waals surface area contributed by atoms with Gasteiger partial charge in [0.25, 0.3) is 5.91 Å². The Kier molecular flexibility index (Phi) is 3.60. The van der Waals surface area contributed by atoms with Crippen molar-refractivity contribution in [3.8, 4) is 11.5 Å². The monoisotopic (exact) mass is 333 g/mol. The second-order valence-electron chi connectivity index (χ2n) is 6.50. The fraction of sp³-hybridized carbons (Fsp3) is 0.529. The first-order valence-electron chi connectivity index (χ1n) is 8.11. The number of amides is 1. The van der Waals surface area contributed by atoms with Crippen LogP contribution in [0, 0.1) is 11.3 Å². The molecule has 2 atom stereocenters. The Hall–Kier alpha value is -2.28. The summed E-state index contributed by atoms with van der Waals surface area (Å²) in [4.78, 5) is 26.5. The fourth-order valence-corrected chi connectivity index (χ4v) is 3.87. The molecule has 0 bridgehead atoms. The number of fused-ring (bicyclic) bond motifs is 2. The molecule has 3 heterocycles. The third-order valence-electron chi connectivity index (χ3n) is 5.22. The molecule has 7 heteroatoms. The van der Waals surface area contributed by atoms with Crippen molar-refractivity contribution in [1.29, 1.82) is 0 Å². The van der Waals surface area contributed by atoms with Crippen LogP contribution in [-0.4, -0.2) is 61.4 Å². The van der Waals surface area contributed by atoms with Gasteiger partial charge in [-0.1, -0.05) is 6.07 Å². The molecule has 1 aromatic rings. The molecule has 1 amide bonds. The van der Waals surface area contributed by atoms with Gasteiger partial charge in [-0.3, -0.25) is 9.59 Å². The number of ether oxygens (including phenoxy) is 3. The Labute approximate surface area is 139 Å². The minimum absolute atomic E-state index is 0.176. The van der Waals surface area contributed by atoms with Crippen LogP contribution in [0.3, 0.4) is 0 Å². The van der Waals surface area contributed by atoms with Crippen molar-refractivity contribution >= 4 is 11.9 Å². The van der Waals surface area contributed by atoms with E-state index in [1.807, 2.05) is 0 Å². The van der Waals surface area contributed by atoms with Gasteiger partial charge in [-0.15, -0.1) is 0 Å². The van der Waals surface area contributed by atoms with Crippen LogP contribution in [0.5, 0.6) is 11.5 Å². The summed E-state index contributed by atoms with van der Waals surface area (Å²) in [5.74, 6) is -0.234. The summed E-state index contributed by atoms with van der Waals surface area (Å²) < 4.78 is 16.6. The zero-order valence-electron chi connectivity index (χ0n) is 13.2. The number of nitrogens with zero attached hydrogens (tertiary/aromatic N) is 1. The molecule has 0 radical (unpaired) electrons. The summed E-state index contributed by atoms with van der Waals surface area (Å²) in [6.07, 6.45) is 0.434. The van der Waals surface area contributed by atoms with Crippen molar-refractivity contribution in [2.24, 2.45) is 11.3 Å². The van der Waals surface area contributed by atoms with Gasteiger partial charge >= 0.3 is 5.97 Å². The van der Waals surface area contributed by atoms with E-state index < -0.39 is 11.4 Å². The first-order chi connectivity index (χ1) is 11.6. The Morgan fingerprint density at radius 2 is 2.04 bits per heavy atom. The van der Waals surface area contributed by atoms with Crippen LogP contribution in [0.25, 0.3) is 0 Å². The van der Waals surface area contributed by atoms with Crippen molar-refractivity contribution in [2.75, 3.05) is 39.5 Å². The summed E-state index contributed by atoms with van der Waals surface area (Å²) in [5, 5.41) is 9.72. The second kappa shape index (κ2) is 5.66. The number of carboxylic acid groups (broad SMARTS) is 1. The lowest BCUT2D eigenvalue weighted by Gasteiger charge is -2.33. The SMILES string of the molecule is O=C(c1cccc2c1OCCO2)N1C[C@H]2COCC[C@@]2(C(=O)O)C1. The minimum atomic E-state index is -0.903. The fourth-order valence-electron chi connectivity index (χ4n) is 3.87. The number of benzene rings is 1. The maximum Gasteiger partial charge on any atom is 0.311 e. The number of rotatable bonds is 2. The maximum atomic E-state index is 13.0. The standard InChI is InChI=1S/C17H19NO6/c19-15(12-2-1-3-13-14(12)24-7-6-23-13)18-8-11-9-22-5-4-17(11,10-18)16(20)21/h1-3,11H,4-10H2,(H,20,21)/t11-,17+/m0/s1. The van der Waals surface area contributed by atoms with Gasteiger partial charge in [-0.25, -0.2) is 0 Å². The van der Waals surface area contributed by atoms with Gasteiger partial charge in [0.2, 0.25) is 0 Å². The number of carbonyl (C=O) groups excluding carboxylic acids is 1. The van der Waals surface area contributed by atoms with Crippen LogP contribution in [0.15, 0.2) is 18.2 Å². The van der Waals surface area contributed by atoms with E-state index in [1.165, 1.54) is 0 Å². The van der Waals surface area contributed by atoms with Crippen molar-refractivity contribution in [3.63, 3.8) is 0 Å². The Balaban J connectivity index is 1.63. The molecular formula is C17H19NO6. The van der Waals surface area contributed by atoms with Crippen molar-refractivity contribution < 1.29 is 28.9 Å². The number of likely N-dealkylation sites (tertiary alicyclic amines) is 1. The quantitative estimate of drug-likeness (QED) is 0.870. The predicted molar refractivity (Wildman–Crippen MR) is 82.3 cm³/mol. The summed E-state index contributed by atoms with van der Waals surface area (Å²) in [5.41, 5.74) is -0.479. The van der Waals surface area contributed by atoms with E-state index in [9.17, 15) is 14.7 Å². The van der Waals surface area contributed by atoms with E-state index in [4.69, 9.17) is 14.2 Å². The molecule has 1 N–H and O–H groups in total. The van der Waals surface area contributed by atoms with E-state index in [0.29, 0.717) is 56.5 Å². The molecule has 4 rings (SSSR count). The first kappa shape index (κ1) is 15.3. The number of para-hydroxylation sites is 1. The molecule has 1 aromatic carbocycles. The van der Waals surface area contributed by atoms with Crippen molar-refractivity contribution in [1.82, 2.24) is 4.90 Å². The molecule has 7 nitrogen and oxygen atoms in total. The third-order valence-corrected chi connectivity index (χ3v) is 5.22. The summed E-state index contributed by atoms with van der Waals surface area (Å²) >= 11 is 0. The average molecular weight is 333 g/mol. The zero-order chi connectivity index (χ0) is 16.7. The molecule has 0 saturated carbocycles. The second-order valence-corrected chi connectivity index (χ2v) is 6.50. The van der Waals surface area contributed by atoms with E-state index in [1.54, 1.807) is 23.1 Å². The van der Waals surface area contributed by atoms with Gasteiger partial charge in [0.1, 0.15) is 13.2 Å². The molecule has 0 unspecified atom stereocenters. The highest BCUT2D eigenvalue weighted by molar-refractivity contribution is 5.98. The normalized spacial score (nSPS) is 28.3. The van der Waals surface area contributed by atoms with E-state index in [-0.39, 0.29) is 18.4 Å². The lowest BCUT2D eigenvalue weighted by atomic mass is 9.74. The summed E-state index contributed by atoms with van der Waals surface area (Å²) in [6, 6.07) is 5.21. The molecule has 2 saturated heterocycles. The highest BCUT2D eigenvalue weighted by atomic mass is 16.6. The highest BCUT2D eigenvalue weighted by Crippen LogP contribution is 2.44. The van der Waals surface area contributed by atoms with E-state index in [2.05, 4.69) is 0 Å². The Bertz CT molecular complexity index is 690. The van der Waals surface area contributed by atoms with Gasteiger partial charge in [0.05, 0.1) is 17.6 Å². The van der Waals surface area contributed by atoms with Crippen LogP contribution in [0.1, 0.15) is 16.8 Å². The molecule has 2 fully saturated rings. The smallest absolute Gasteiger partial charge is 0.311 e. The number of aliphatic carboxylic acids is 1. The van der Waals surface area contributed by atoms with Crippen LogP contribution < -0.4 is 9.47 Å². The lowest BCUT2D eigenvalue weighted by Crippen LogP contribution is -2.45. The molecule has 0 aliphatic carbocycles. The molecule has 0 spiro atoms. The third kappa shape index (κ3) is 2.23. The van der Waals surface area contributed by atoms with Gasteiger partial charge in [-0.2, -0.15) is 0 Å². The summed E-state index contributed by atoms with van der Waals surface area (Å²) in [6.45, 7) is 2.24. The van der Waals surface area contributed by atoms with Crippen LogP contribution in [0.4, 0.5) is 0 Å². The van der Waals surface area contributed by atoms with E-state index >= 15 is 0 Å². The predicted octanol–water partition coefficient (Wildman–Crippen LogP) is 1.02. The van der Waals surface area contributed by atoms with Crippen LogP contribution in [0.2, 0.25) is 0 Å². The average Bonchev–Trinajstić information content (AvgIpc) is 3.02. The highest BCUT2D eigenvalue weighted by Gasteiger charge is 2.55. The number of hydrogen-bond acceptors (Lipinski definition) is 5. The maximum absolute atomic E-state index is 13.0. The Morgan fingerprint density at radius 1 is 1.21 bits per heavy atom. The van der Waals surface area contributed by atoms with Crippen LogP contribution in [-0.2, 0) is 9.53 Å².